The van der Waals surface area contributed by atoms with Crippen LogP contribution in [-0.4, -0.2) is 16.0 Å². The maximum Gasteiger partial charge on any atom is 0.418 e. The number of alkyl halides is 3. The van der Waals surface area contributed by atoms with Gasteiger partial charge in [0, 0.05) is 0 Å². The zero-order valence-electron chi connectivity index (χ0n) is 10.1. The van der Waals surface area contributed by atoms with Crippen LogP contribution in [0.1, 0.15) is 12.5 Å². The van der Waals surface area contributed by atoms with Gasteiger partial charge in [0.2, 0.25) is 0 Å². The fourth-order valence-corrected chi connectivity index (χ4v) is 1.63. The van der Waals surface area contributed by atoms with E-state index in [1.807, 2.05) is 0 Å². The Morgan fingerprint density at radius 2 is 2.00 bits per heavy atom. The molecule has 0 radical (unpaired) electrons. The van der Waals surface area contributed by atoms with Gasteiger partial charge in [0.25, 0.3) is 0 Å². The molecule has 4 nitrogen and oxygen atoms in total. The van der Waals surface area contributed by atoms with E-state index in [-0.39, 0.29) is 5.69 Å². The van der Waals surface area contributed by atoms with E-state index in [2.05, 4.69) is 5.10 Å². The lowest BCUT2D eigenvalue weighted by molar-refractivity contribution is -0.137. The lowest BCUT2D eigenvalue weighted by Crippen LogP contribution is -2.22. The Hall–Kier alpha value is -2.02. The van der Waals surface area contributed by atoms with Crippen molar-refractivity contribution in [3.05, 3.63) is 42.2 Å². The number of nitrogens with zero attached hydrogens (tertiary/aromatic N) is 2. The van der Waals surface area contributed by atoms with Gasteiger partial charge in [0.05, 0.1) is 23.6 Å². The van der Waals surface area contributed by atoms with Crippen molar-refractivity contribution in [1.82, 2.24) is 9.78 Å². The van der Waals surface area contributed by atoms with Gasteiger partial charge in [-0.1, -0.05) is 12.1 Å². The average Bonchev–Trinajstić information content (AvgIpc) is 2.75. The number of ether oxygens (including phenoxy) is 1. The fourth-order valence-electron chi connectivity index (χ4n) is 1.63. The van der Waals surface area contributed by atoms with Gasteiger partial charge in [-0.05, 0) is 19.1 Å². The molecular weight excluding hydrogens is 259 g/mol. The molecule has 0 bridgehead atoms. The number of rotatable bonds is 3. The largest absolute Gasteiger partial charge is 0.473 e. The number of aromatic nitrogens is 2. The normalized spacial score (nSPS) is 13.3. The number of para-hydroxylation sites is 1. The summed E-state index contributed by atoms with van der Waals surface area (Å²) in [5.41, 5.74) is 4.61. The van der Waals surface area contributed by atoms with Crippen molar-refractivity contribution >= 4 is 0 Å². The first kappa shape index (κ1) is 13.4. The summed E-state index contributed by atoms with van der Waals surface area (Å²) in [6.07, 6.45) is -2.33. The predicted octanol–water partition coefficient (Wildman–Crippen LogP) is 2.57. The minimum Gasteiger partial charge on any atom is -0.473 e. The molecule has 0 aliphatic rings. The molecule has 2 N–H and O–H groups in total. The van der Waals surface area contributed by atoms with Crippen LogP contribution in [-0.2, 0) is 6.18 Å². The van der Waals surface area contributed by atoms with Gasteiger partial charge < -0.3 is 4.74 Å². The summed E-state index contributed by atoms with van der Waals surface area (Å²) in [5, 5.41) is 3.85. The van der Waals surface area contributed by atoms with Crippen LogP contribution >= 0.6 is 0 Å². The van der Waals surface area contributed by atoms with E-state index >= 15 is 0 Å². The Balaban J connectivity index is 2.39. The van der Waals surface area contributed by atoms with Gasteiger partial charge in [0.15, 0.2) is 5.75 Å². The summed E-state index contributed by atoms with van der Waals surface area (Å²) in [7, 11) is 0. The van der Waals surface area contributed by atoms with E-state index in [0.717, 1.165) is 10.7 Å². The van der Waals surface area contributed by atoms with E-state index in [4.69, 9.17) is 10.5 Å². The Kier molecular flexibility index (Phi) is 3.48. The van der Waals surface area contributed by atoms with E-state index < -0.39 is 18.0 Å². The molecule has 0 amide bonds. The average molecular weight is 271 g/mol. The second kappa shape index (κ2) is 4.93. The van der Waals surface area contributed by atoms with E-state index in [0.29, 0.717) is 5.75 Å². The van der Waals surface area contributed by atoms with Gasteiger partial charge in [0.1, 0.15) is 6.23 Å². The van der Waals surface area contributed by atoms with Crippen molar-refractivity contribution in [2.45, 2.75) is 19.3 Å². The molecule has 0 aliphatic carbocycles. The Morgan fingerprint density at radius 1 is 1.32 bits per heavy atom. The fraction of sp³-hybridized carbons (Fsp3) is 0.250. The molecule has 1 aromatic carbocycles. The third kappa shape index (κ3) is 3.05. The van der Waals surface area contributed by atoms with Crippen LogP contribution in [0.2, 0.25) is 0 Å². The highest BCUT2D eigenvalue weighted by atomic mass is 19.4. The molecule has 102 valence electrons. The Bertz CT molecular complexity index is 563. The summed E-state index contributed by atoms with van der Waals surface area (Å²) in [6, 6.07) is 5.18. The zero-order chi connectivity index (χ0) is 14.0. The van der Waals surface area contributed by atoms with Gasteiger partial charge in [-0.3, -0.25) is 5.73 Å². The second-order valence-electron chi connectivity index (χ2n) is 3.96. The van der Waals surface area contributed by atoms with Gasteiger partial charge >= 0.3 is 6.18 Å². The summed E-state index contributed by atoms with van der Waals surface area (Å²) < 4.78 is 44.8. The predicted molar refractivity (Wildman–Crippen MR) is 62.8 cm³/mol. The molecule has 0 spiro atoms. The van der Waals surface area contributed by atoms with Gasteiger partial charge in [-0.2, -0.15) is 18.3 Å². The molecule has 1 heterocycles. The highest BCUT2D eigenvalue weighted by Gasteiger charge is 2.33. The van der Waals surface area contributed by atoms with Crippen LogP contribution in [0.15, 0.2) is 36.7 Å². The molecule has 1 unspecified atom stereocenters. The van der Waals surface area contributed by atoms with Gasteiger partial charge in [-0.15, -0.1) is 0 Å². The number of hydrogen-bond donors (Lipinski definition) is 1. The first-order valence-corrected chi connectivity index (χ1v) is 5.51. The van der Waals surface area contributed by atoms with Crippen LogP contribution in [0.3, 0.4) is 0 Å². The zero-order valence-corrected chi connectivity index (χ0v) is 10.1. The lowest BCUT2D eigenvalue weighted by atomic mass is 10.2. The SMILES string of the molecule is CC(N)Oc1cnn(-c2ccccc2C(F)(F)F)c1. The minimum atomic E-state index is -4.44. The van der Waals surface area contributed by atoms with Crippen LogP contribution < -0.4 is 10.5 Å². The first-order chi connectivity index (χ1) is 8.88. The number of halogens is 3. The molecule has 2 rings (SSSR count). The summed E-state index contributed by atoms with van der Waals surface area (Å²) in [4.78, 5) is 0. The molecule has 0 saturated carbocycles. The number of hydrogen-bond acceptors (Lipinski definition) is 3. The highest BCUT2D eigenvalue weighted by molar-refractivity contribution is 5.42. The highest BCUT2D eigenvalue weighted by Crippen LogP contribution is 2.33. The summed E-state index contributed by atoms with van der Waals surface area (Å²) in [6.45, 7) is 1.61. The third-order valence-electron chi connectivity index (χ3n) is 2.34. The van der Waals surface area contributed by atoms with Crippen LogP contribution in [0.4, 0.5) is 13.2 Å². The summed E-state index contributed by atoms with van der Waals surface area (Å²) >= 11 is 0. The maximum atomic E-state index is 12.9. The third-order valence-corrected chi connectivity index (χ3v) is 2.34. The maximum absolute atomic E-state index is 12.9. The molecule has 1 aromatic heterocycles. The standard InChI is InChI=1S/C12H12F3N3O/c1-8(16)19-9-6-17-18(7-9)11-5-3-2-4-10(11)12(13,14)15/h2-8H,16H2,1H3. The van der Waals surface area contributed by atoms with Crippen LogP contribution in [0.25, 0.3) is 5.69 Å². The smallest absolute Gasteiger partial charge is 0.418 e. The van der Waals surface area contributed by atoms with Crippen molar-refractivity contribution < 1.29 is 17.9 Å². The molecule has 1 atom stereocenters. The Morgan fingerprint density at radius 3 is 2.63 bits per heavy atom. The van der Waals surface area contributed by atoms with E-state index in [1.54, 1.807) is 6.92 Å². The minimum absolute atomic E-state index is 0.0606. The topological polar surface area (TPSA) is 53.1 Å². The quantitative estimate of drug-likeness (QED) is 0.873. The lowest BCUT2D eigenvalue weighted by Gasteiger charge is -2.12. The van der Waals surface area contributed by atoms with E-state index in [9.17, 15) is 13.2 Å². The van der Waals surface area contributed by atoms with Crippen molar-refractivity contribution in [2.24, 2.45) is 5.73 Å². The molecule has 0 aliphatic heterocycles. The molecule has 7 heteroatoms. The summed E-state index contributed by atoms with van der Waals surface area (Å²) in [5.74, 6) is 0.312. The molecule has 0 saturated heterocycles. The molecule has 2 aromatic rings. The monoisotopic (exact) mass is 271 g/mol. The Labute approximate surface area is 107 Å². The van der Waals surface area contributed by atoms with Crippen molar-refractivity contribution in [1.29, 1.82) is 0 Å². The van der Waals surface area contributed by atoms with E-state index in [1.165, 1.54) is 30.6 Å². The van der Waals surface area contributed by atoms with Gasteiger partial charge in [-0.25, -0.2) is 4.68 Å². The number of nitrogens with two attached hydrogens (primary N) is 1. The van der Waals surface area contributed by atoms with Crippen LogP contribution in [0.5, 0.6) is 5.75 Å². The van der Waals surface area contributed by atoms with Crippen molar-refractivity contribution in [3.63, 3.8) is 0 Å². The molecule has 0 fully saturated rings. The van der Waals surface area contributed by atoms with Crippen LogP contribution in [0, 0.1) is 0 Å². The first-order valence-electron chi connectivity index (χ1n) is 5.51. The second-order valence-corrected chi connectivity index (χ2v) is 3.96. The number of benzene rings is 1. The van der Waals surface area contributed by atoms with Crippen molar-refractivity contribution in [3.8, 4) is 11.4 Å². The molecule has 19 heavy (non-hydrogen) atoms. The molecular formula is C12H12F3N3O. The van der Waals surface area contributed by atoms with Crippen molar-refractivity contribution in [2.75, 3.05) is 0 Å².